The van der Waals surface area contributed by atoms with Crippen molar-refractivity contribution in [3.63, 3.8) is 0 Å². The molecule has 1 saturated carbocycles. The van der Waals surface area contributed by atoms with Gasteiger partial charge in [-0.1, -0.05) is 12.5 Å². The van der Waals surface area contributed by atoms with Crippen LogP contribution in [0.5, 0.6) is 0 Å². The van der Waals surface area contributed by atoms with Crippen LogP contribution in [0.25, 0.3) is 0 Å². The summed E-state index contributed by atoms with van der Waals surface area (Å²) < 4.78 is 57.0. The summed E-state index contributed by atoms with van der Waals surface area (Å²) in [5.41, 5.74) is 4.69. The smallest absolute Gasteiger partial charge is 0.294 e. The van der Waals surface area contributed by atoms with Gasteiger partial charge < -0.3 is 5.73 Å². The third-order valence-electron chi connectivity index (χ3n) is 3.00. The first kappa shape index (κ1) is 20.0. The van der Waals surface area contributed by atoms with E-state index in [1.165, 1.54) is 31.4 Å². The van der Waals surface area contributed by atoms with Crippen LogP contribution < -0.4 is 10.5 Å². The van der Waals surface area contributed by atoms with Crippen LogP contribution in [0.4, 0.5) is 0 Å². The quantitative estimate of drug-likeness (QED) is 0.698. The van der Waals surface area contributed by atoms with Crippen LogP contribution in [0, 0.1) is 0 Å². The maximum Gasteiger partial charge on any atom is 0.294 e. The first-order chi connectivity index (χ1) is 10.3. The summed E-state index contributed by atoms with van der Waals surface area (Å²) in [7, 11) is -8.25. The van der Waals surface area contributed by atoms with E-state index in [-0.39, 0.29) is 4.90 Å². The lowest BCUT2D eigenvalue weighted by Gasteiger charge is -2.20. The van der Waals surface area contributed by atoms with E-state index in [1.807, 2.05) is 0 Å². The van der Waals surface area contributed by atoms with Gasteiger partial charge in [-0.25, -0.2) is 13.1 Å². The number of rotatable bonds is 3. The second-order valence-electron chi connectivity index (χ2n) is 6.50. The zero-order chi connectivity index (χ0) is 17.9. The maximum atomic E-state index is 11.9. The molecular weight excluding hydrogens is 340 g/mol. The van der Waals surface area contributed by atoms with Gasteiger partial charge in [0.1, 0.15) is 0 Å². The molecule has 132 valence electrons. The molecule has 0 aliphatic heterocycles. The van der Waals surface area contributed by atoms with Gasteiger partial charge in [0.2, 0.25) is 10.0 Å². The third kappa shape index (κ3) is 6.96. The van der Waals surface area contributed by atoms with Crippen LogP contribution in [0.15, 0.2) is 34.1 Å². The lowest BCUT2D eigenvalue weighted by molar-refractivity contribution is 0.418. The monoisotopic (exact) mass is 364 g/mol. The highest BCUT2D eigenvalue weighted by Crippen LogP contribution is 2.17. The van der Waals surface area contributed by atoms with Gasteiger partial charge in [-0.2, -0.15) is 8.42 Å². The van der Waals surface area contributed by atoms with Crippen LogP contribution in [0.3, 0.4) is 0 Å². The molecule has 0 heterocycles. The summed E-state index contributed by atoms with van der Waals surface area (Å²) in [6.07, 6.45) is 3.89. The fourth-order valence-corrected chi connectivity index (χ4v) is 3.77. The summed E-state index contributed by atoms with van der Waals surface area (Å²) in [5.74, 6) is 0. The summed E-state index contributed by atoms with van der Waals surface area (Å²) in [5, 5.41) is 0. The molecule has 2 rings (SSSR count). The summed E-state index contributed by atoms with van der Waals surface area (Å²) >= 11 is 0. The van der Waals surface area contributed by atoms with Gasteiger partial charge in [0.05, 0.1) is 9.79 Å². The van der Waals surface area contributed by atoms with Crippen LogP contribution in [-0.2, 0) is 20.1 Å². The minimum Gasteiger partial charge on any atom is -0.328 e. The van der Waals surface area contributed by atoms with Crippen molar-refractivity contribution in [1.29, 1.82) is 0 Å². The van der Waals surface area contributed by atoms with Crippen molar-refractivity contribution in [3.8, 4) is 0 Å². The van der Waals surface area contributed by atoms with Crippen molar-refractivity contribution in [2.45, 2.75) is 61.4 Å². The Morgan fingerprint density at radius 2 is 1.61 bits per heavy atom. The van der Waals surface area contributed by atoms with E-state index < -0.39 is 30.6 Å². The Morgan fingerprint density at radius 3 is 1.96 bits per heavy atom. The van der Waals surface area contributed by atoms with E-state index in [9.17, 15) is 16.8 Å². The number of hydrogen-bond acceptors (Lipinski definition) is 5. The first-order valence-electron chi connectivity index (χ1n) is 7.18. The Bertz CT molecular complexity index is 733. The number of benzene rings is 1. The van der Waals surface area contributed by atoms with Gasteiger partial charge in [0, 0.05) is 11.6 Å². The highest BCUT2D eigenvalue weighted by molar-refractivity contribution is 7.89. The Balaban J connectivity index is 0.000000446. The summed E-state index contributed by atoms with van der Waals surface area (Å²) in [4.78, 5) is -0.674. The Morgan fingerprint density at radius 1 is 1.13 bits per heavy atom. The molecule has 7 nitrogen and oxygen atoms in total. The predicted molar refractivity (Wildman–Crippen MR) is 88.2 cm³/mol. The molecule has 1 fully saturated rings. The molecule has 0 saturated heterocycles. The van der Waals surface area contributed by atoms with Crippen molar-refractivity contribution in [2.24, 2.45) is 5.73 Å². The molecule has 4 N–H and O–H groups in total. The molecule has 1 aliphatic carbocycles. The van der Waals surface area contributed by atoms with Gasteiger partial charge in [-0.3, -0.25) is 4.55 Å². The van der Waals surface area contributed by atoms with E-state index >= 15 is 0 Å². The molecule has 0 amide bonds. The van der Waals surface area contributed by atoms with Crippen LogP contribution >= 0.6 is 0 Å². The number of sulfonamides is 1. The second kappa shape index (κ2) is 7.27. The van der Waals surface area contributed by atoms with Gasteiger partial charge in [-0.15, -0.1) is 0 Å². The maximum absolute atomic E-state index is 11.9. The van der Waals surface area contributed by atoms with E-state index in [2.05, 4.69) is 4.72 Å². The van der Waals surface area contributed by atoms with Crippen molar-refractivity contribution >= 4 is 20.1 Å². The zero-order valence-corrected chi connectivity index (χ0v) is 15.1. The summed E-state index contributed by atoms with van der Waals surface area (Å²) in [6, 6.07) is 5.09. The Hall–Kier alpha value is -1.00. The molecule has 1 aromatic carbocycles. The number of nitrogens with one attached hydrogen (secondary N) is 1. The van der Waals surface area contributed by atoms with E-state index in [0.29, 0.717) is 6.04 Å². The highest BCUT2D eigenvalue weighted by Gasteiger charge is 2.23. The second-order valence-corrected chi connectivity index (χ2v) is 9.60. The average Bonchev–Trinajstić information content (AvgIpc) is 2.33. The molecule has 1 aromatic rings. The van der Waals surface area contributed by atoms with Crippen LogP contribution in [0.2, 0.25) is 0 Å². The van der Waals surface area contributed by atoms with E-state index in [4.69, 9.17) is 10.3 Å². The van der Waals surface area contributed by atoms with Crippen molar-refractivity contribution < 1.29 is 21.4 Å². The fourth-order valence-electron chi connectivity index (χ4n) is 1.70. The average molecular weight is 364 g/mol. The van der Waals surface area contributed by atoms with Gasteiger partial charge >= 0.3 is 0 Å². The summed E-state index contributed by atoms with van der Waals surface area (Å²) in [6.45, 7) is 4.99. The normalized spacial score (nSPS) is 16.2. The van der Waals surface area contributed by atoms with Gasteiger partial charge in [0.15, 0.2) is 0 Å². The molecule has 0 unspecified atom stereocenters. The lowest BCUT2D eigenvalue weighted by Crippen LogP contribution is -2.40. The first-order valence-corrected chi connectivity index (χ1v) is 10.1. The van der Waals surface area contributed by atoms with Crippen molar-refractivity contribution in [1.82, 2.24) is 4.72 Å². The molecule has 23 heavy (non-hydrogen) atoms. The minimum atomic E-state index is -4.42. The molecule has 0 atom stereocenters. The molecule has 9 heteroatoms. The van der Waals surface area contributed by atoms with Crippen LogP contribution in [0.1, 0.15) is 40.0 Å². The Kier molecular flexibility index (Phi) is 6.33. The van der Waals surface area contributed by atoms with E-state index in [1.54, 1.807) is 20.8 Å². The molecule has 0 spiro atoms. The molecule has 0 aromatic heterocycles. The molecular formula is C14H24N2O5S2. The SMILES string of the molecule is CC(C)(C)NS(=O)(=O)c1cccc(S(=O)(=O)O)c1.NC1CCC1. The van der Waals surface area contributed by atoms with Crippen molar-refractivity contribution in [2.75, 3.05) is 0 Å². The van der Waals surface area contributed by atoms with Crippen LogP contribution in [-0.4, -0.2) is 33.0 Å². The molecule has 0 bridgehead atoms. The van der Waals surface area contributed by atoms with Gasteiger partial charge in [-0.05, 0) is 51.8 Å². The van der Waals surface area contributed by atoms with Crippen molar-refractivity contribution in [3.05, 3.63) is 24.3 Å². The molecule has 1 aliphatic rings. The van der Waals surface area contributed by atoms with Gasteiger partial charge in [0.25, 0.3) is 10.1 Å². The predicted octanol–water partition coefficient (Wildman–Crippen LogP) is 1.51. The number of nitrogens with two attached hydrogens (primary N) is 1. The molecule has 0 radical (unpaired) electrons. The van der Waals surface area contributed by atoms with E-state index in [0.717, 1.165) is 12.1 Å². The lowest BCUT2D eigenvalue weighted by atomic mass is 9.95. The topological polar surface area (TPSA) is 127 Å². The fraction of sp³-hybridized carbons (Fsp3) is 0.571. The zero-order valence-electron chi connectivity index (χ0n) is 13.5. The largest absolute Gasteiger partial charge is 0.328 e. The highest BCUT2D eigenvalue weighted by atomic mass is 32.2. The standard InChI is InChI=1S/C10H15NO5S2.C4H9N/c1-10(2,3)11-17(12,13)8-5-4-6-9(7-8)18(14,15)16;5-4-2-1-3-4/h4-7,11H,1-3H3,(H,14,15,16);4H,1-3,5H2. The number of hydrogen-bond donors (Lipinski definition) is 3. The third-order valence-corrected chi connectivity index (χ3v) is 5.61. The Labute approximate surface area is 138 Å². The minimum absolute atomic E-state index is 0.215.